The zero-order valence-corrected chi connectivity index (χ0v) is 25.4. The maximum absolute atomic E-state index is 14.0. The molecule has 232 valence electrons. The third kappa shape index (κ3) is 6.99. The topological polar surface area (TPSA) is 125 Å². The fraction of sp³-hybridized carbons (Fsp3) is 0.265. The summed E-state index contributed by atoms with van der Waals surface area (Å²) in [5.74, 6) is -1.56. The highest BCUT2D eigenvalue weighted by Crippen LogP contribution is 2.27. The van der Waals surface area contributed by atoms with Crippen LogP contribution < -0.4 is 26.4 Å². The van der Waals surface area contributed by atoms with Crippen LogP contribution in [-0.4, -0.2) is 60.4 Å². The molecular formula is C34H35FN6O4. The van der Waals surface area contributed by atoms with Crippen LogP contribution in [0.15, 0.2) is 77.7 Å². The largest absolute Gasteiger partial charge is 0.372 e. The van der Waals surface area contributed by atoms with E-state index in [0.717, 1.165) is 31.6 Å². The molecule has 0 saturated carbocycles. The van der Waals surface area contributed by atoms with E-state index in [0.29, 0.717) is 33.5 Å². The summed E-state index contributed by atoms with van der Waals surface area (Å²) in [6, 6.07) is 17.1. The first kappa shape index (κ1) is 31.3. The molecule has 3 aromatic carbocycles. The molecule has 1 unspecified atom stereocenters. The lowest BCUT2D eigenvalue weighted by molar-refractivity contribution is -0.117. The maximum Gasteiger partial charge on any atom is 0.294 e. The number of nitrogens with zero attached hydrogens (tertiary/aromatic N) is 3. The number of halogens is 1. The number of nitrogens with one attached hydrogen (secondary N) is 3. The summed E-state index contributed by atoms with van der Waals surface area (Å²) in [6.07, 6.45) is 3.53. The molecule has 1 aliphatic rings. The van der Waals surface area contributed by atoms with Crippen molar-refractivity contribution in [3.63, 3.8) is 0 Å². The molecule has 0 spiro atoms. The first-order valence-corrected chi connectivity index (χ1v) is 14.8. The second kappa shape index (κ2) is 13.6. The highest BCUT2D eigenvalue weighted by atomic mass is 19.1. The van der Waals surface area contributed by atoms with E-state index in [2.05, 4.69) is 25.8 Å². The number of amides is 2. The summed E-state index contributed by atoms with van der Waals surface area (Å²) in [7, 11) is 3.17. The van der Waals surface area contributed by atoms with Crippen LogP contribution in [0.2, 0.25) is 0 Å². The quantitative estimate of drug-likeness (QED) is 0.233. The SMILES string of the molecule is CNC(=O)c1cccc(-c2cnc(NC(=O)C(C)NC)c(=O)n2Cc2cc(C(=O)c3ccc(F)cc3)cc(N3CCCC3)c2)c1. The smallest absolute Gasteiger partial charge is 0.294 e. The number of anilines is 2. The number of benzene rings is 3. The molecule has 10 nitrogen and oxygen atoms in total. The van der Waals surface area contributed by atoms with Gasteiger partial charge in [0.05, 0.1) is 24.5 Å². The van der Waals surface area contributed by atoms with E-state index in [4.69, 9.17) is 0 Å². The van der Waals surface area contributed by atoms with Gasteiger partial charge in [-0.2, -0.15) is 0 Å². The van der Waals surface area contributed by atoms with Gasteiger partial charge in [-0.05, 0) is 87.0 Å². The molecule has 2 amide bonds. The second-order valence-corrected chi connectivity index (χ2v) is 11.0. The Bertz CT molecular complexity index is 1800. The monoisotopic (exact) mass is 610 g/mol. The lowest BCUT2D eigenvalue weighted by Gasteiger charge is -2.21. The molecule has 1 fully saturated rings. The zero-order valence-electron chi connectivity index (χ0n) is 25.4. The summed E-state index contributed by atoms with van der Waals surface area (Å²) in [5.41, 5.74) is 3.11. The Morgan fingerprint density at radius 1 is 0.933 bits per heavy atom. The Morgan fingerprint density at radius 2 is 1.67 bits per heavy atom. The number of carbonyl (C=O) groups is 3. The lowest BCUT2D eigenvalue weighted by atomic mass is 9.99. The number of hydrogen-bond acceptors (Lipinski definition) is 7. The van der Waals surface area contributed by atoms with Gasteiger partial charge in [-0.25, -0.2) is 9.37 Å². The standard InChI is InChI=1S/C34H35FN6O4/c1-21(36-2)32(43)39-31-34(45)41(29(19-38-31)24-7-6-8-25(17-24)33(44)37-3)20-22-15-26(18-28(16-22)40-13-4-5-14-40)30(42)23-9-11-27(35)12-10-23/h6-12,15-19,21,36H,4-5,13-14,20H2,1-3H3,(H,37,44)(H,38,39,43). The summed E-state index contributed by atoms with van der Waals surface area (Å²) in [4.78, 5) is 59.1. The van der Waals surface area contributed by atoms with E-state index in [1.807, 2.05) is 12.1 Å². The highest BCUT2D eigenvalue weighted by molar-refractivity contribution is 6.09. The van der Waals surface area contributed by atoms with E-state index in [9.17, 15) is 23.6 Å². The summed E-state index contributed by atoms with van der Waals surface area (Å²) < 4.78 is 15.1. The minimum absolute atomic E-state index is 0.0384. The Kier molecular flexibility index (Phi) is 9.48. The van der Waals surface area contributed by atoms with Crippen molar-refractivity contribution >= 4 is 29.1 Å². The van der Waals surface area contributed by atoms with Crippen molar-refractivity contribution in [1.29, 1.82) is 0 Å². The normalized spacial score (nSPS) is 13.4. The first-order chi connectivity index (χ1) is 21.7. The lowest BCUT2D eigenvalue weighted by Crippen LogP contribution is -2.38. The minimum Gasteiger partial charge on any atom is -0.372 e. The number of hydrogen-bond donors (Lipinski definition) is 3. The van der Waals surface area contributed by atoms with E-state index >= 15 is 0 Å². The van der Waals surface area contributed by atoms with Crippen LogP contribution in [0.5, 0.6) is 0 Å². The van der Waals surface area contributed by atoms with Crippen molar-refractivity contribution < 1.29 is 18.8 Å². The van der Waals surface area contributed by atoms with Crippen LogP contribution in [0.3, 0.4) is 0 Å². The van der Waals surface area contributed by atoms with Crippen LogP contribution >= 0.6 is 0 Å². The third-order valence-corrected chi connectivity index (χ3v) is 7.93. The number of carbonyl (C=O) groups excluding carboxylic acids is 3. The van der Waals surface area contributed by atoms with Crippen LogP contribution in [0.4, 0.5) is 15.9 Å². The van der Waals surface area contributed by atoms with Gasteiger partial charge in [0.25, 0.3) is 11.5 Å². The van der Waals surface area contributed by atoms with Gasteiger partial charge in [0, 0.05) is 48.1 Å². The van der Waals surface area contributed by atoms with Crippen molar-refractivity contribution in [2.45, 2.75) is 32.4 Å². The Labute approximate surface area is 260 Å². The van der Waals surface area contributed by atoms with Gasteiger partial charge in [-0.3, -0.25) is 23.7 Å². The molecular weight excluding hydrogens is 575 g/mol. The van der Waals surface area contributed by atoms with E-state index < -0.39 is 23.3 Å². The summed E-state index contributed by atoms with van der Waals surface area (Å²) in [6.45, 7) is 3.37. The fourth-order valence-electron chi connectivity index (χ4n) is 5.29. The predicted molar refractivity (Wildman–Crippen MR) is 171 cm³/mol. The summed E-state index contributed by atoms with van der Waals surface area (Å²) >= 11 is 0. The van der Waals surface area contributed by atoms with Crippen molar-refractivity contribution in [1.82, 2.24) is 20.2 Å². The van der Waals surface area contributed by atoms with Gasteiger partial charge < -0.3 is 20.9 Å². The third-order valence-electron chi connectivity index (χ3n) is 7.93. The molecule has 0 radical (unpaired) electrons. The van der Waals surface area contributed by atoms with Gasteiger partial charge in [0.2, 0.25) is 5.91 Å². The molecule has 1 atom stereocenters. The molecule has 4 aromatic rings. The second-order valence-electron chi connectivity index (χ2n) is 11.0. The van der Waals surface area contributed by atoms with Crippen molar-refractivity contribution in [2.75, 3.05) is 37.4 Å². The first-order valence-electron chi connectivity index (χ1n) is 14.8. The average molecular weight is 611 g/mol. The molecule has 2 heterocycles. The van der Waals surface area contributed by atoms with Gasteiger partial charge in [-0.15, -0.1) is 0 Å². The maximum atomic E-state index is 14.0. The zero-order chi connectivity index (χ0) is 32.1. The average Bonchev–Trinajstić information content (AvgIpc) is 3.61. The Morgan fingerprint density at radius 3 is 2.36 bits per heavy atom. The van der Waals surface area contributed by atoms with Gasteiger partial charge in [0.15, 0.2) is 11.6 Å². The Hall–Kier alpha value is -5.16. The molecule has 0 bridgehead atoms. The van der Waals surface area contributed by atoms with Gasteiger partial charge in [-0.1, -0.05) is 12.1 Å². The molecule has 5 rings (SSSR count). The van der Waals surface area contributed by atoms with Gasteiger partial charge >= 0.3 is 0 Å². The number of ketones is 1. The van der Waals surface area contributed by atoms with Crippen molar-refractivity contribution in [2.24, 2.45) is 0 Å². The molecule has 1 aromatic heterocycles. The van der Waals surface area contributed by atoms with Crippen molar-refractivity contribution in [3.8, 4) is 11.3 Å². The fourth-order valence-corrected chi connectivity index (χ4v) is 5.29. The van der Waals surface area contributed by atoms with Crippen molar-refractivity contribution in [3.05, 3.63) is 111 Å². The molecule has 0 aliphatic carbocycles. The number of rotatable bonds is 10. The van der Waals surface area contributed by atoms with Gasteiger partial charge in [0.1, 0.15) is 5.82 Å². The summed E-state index contributed by atoms with van der Waals surface area (Å²) in [5, 5.41) is 8.06. The van der Waals surface area contributed by atoms with Crippen LogP contribution in [-0.2, 0) is 11.3 Å². The van der Waals surface area contributed by atoms with Crippen LogP contribution in [0.25, 0.3) is 11.3 Å². The number of aromatic nitrogens is 2. The minimum atomic E-state index is -0.569. The molecule has 45 heavy (non-hydrogen) atoms. The van der Waals surface area contributed by atoms with E-state index in [-0.39, 0.29) is 24.1 Å². The van der Waals surface area contributed by atoms with E-state index in [1.54, 1.807) is 44.3 Å². The van der Waals surface area contributed by atoms with Crippen LogP contribution in [0.1, 0.15) is 51.6 Å². The molecule has 3 N–H and O–H groups in total. The Balaban J connectivity index is 1.63. The van der Waals surface area contributed by atoms with Crippen LogP contribution in [0, 0.1) is 5.82 Å². The predicted octanol–water partition coefficient (Wildman–Crippen LogP) is 3.83. The highest BCUT2D eigenvalue weighted by Gasteiger charge is 2.21. The molecule has 11 heteroatoms. The van der Waals surface area contributed by atoms with E-state index in [1.165, 1.54) is 42.1 Å². The molecule has 1 saturated heterocycles. The molecule has 1 aliphatic heterocycles. The number of likely N-dealkylation sites (N-methyl/N-ethyl adjacent to an activating group) is 1.